The van der Waals surface area contributed by atoms with Gasteiger partial charge in [0.15, 0.2) is 0 Å². The van der Waals surface area contributed by atoms with Gasteiger partial charge in [0.2, 0.25) is 0 Å². The molecule has 0 saturated heterocycles. The van der Waals surface area contributed by atoms with E-state index in [-0.39, 0.29) is 12.1 Å². The molecule has 72 valence electrons. The fraction of sp³-hybridized carbons (Fsp3) is 0.100. The van der Waals surface area contributed by atoms with E-state index in [1.807, 2.05) is 0 Å². The summed E-state index contributed by atoms with van der Waals surface area (Å²) in [5.41, 5.74) is 5.60. The summed E-state index contributed by atoms with van der Waals surface area (Å²) in [6, 6.07) is 5.97. The van der Waals surface area contributed by atoms with Crippen LogP contribution in [0.15, 0.2) is 29.1 Å². The zero-order valence-corrected chi connectivity index (χ0v) is 7.38. The lowest BCUT2D eigenvalue weighted by atomic mass is 10.1. The van der Waals surface area contributed by atoms with E-state index in [1.54, 1.807) is 12.1 Å². The third-order valence-electron chi connectivity index (χ3n) is 2.11. The average Bonchev–Trinajstić information content (AvgIpc) is 2.19. The molecule has 0 saturated carbocycles. The Labute approximate surface area is 79.4 Å². The first-order chi connectivity index (χ1) is 6.72. The highest BCUT2D eigenvalue weighted by Crippen LogP contribution is 2.14. The van der Waals surface area contributed by atoms with Crippen molar-refractivity contribution in [2.45, 2.75) is 6.54 Å². The van der Waals surface area contributed by atoms with Gasteiger partial charge in [-0.1, -0.05) is 6.07 Å². The summed E-state index contributed by atoms with van der Waals surface area (Å²) in [5.74, 6) is -0.400. The van der Waals surface area contributed by atoms with E-state index in [4.69, 9.17) is 5.73 Å². The van der Waals surface area contributed by atoms with E-state index < -0.39 is 5.82 Å². The number of nitrogens with one attached hydrogen (secondary N) is 1. The van der Waals surface area contributed by atoms with Gasteiger partial charge in [0, 0.05) is 23.0 Å². The molecule has 2 rings (SSSR count). The van der Waals surface area contributed by atoms with E-state index in [9.17, 15) is 9.18 Å². The van der Waals surface area contributed by atoms with Crippen LogP contribution in [0.5, 0.6) is 0 Å². The standard InChI is InChI=1S/C10H9FN2O/c11-9-3-1-2-7-8(9)4-6(5-12)13-10(7)14/h1-4H,5,12H2,(H,13,14). The molecule has 0 radical (unpaired) electrons. The number of benzene rings is 1. The van der Waals surface area contributed by atoms with Crippen LogP contribution in [0, 0.1) is 5.82 Å². The Morgan fingerprint density at radius 3 is 2.86 bits per heavy atom. The summed E-state index contributed by atoms with van der Waals surface area (Å²) in [7, 11) is 0. The van der Waals surface area contributed by atoms with Gasteiger partial charge in [0.05, 0.1) is 0 Å². The maximum atomic E-state index is 13.3. The van der Waals surface area contributed by atoms with E-state index in [0.29, 0.717) is 16.5 Å². The number of H-pyrrole nitrogens is 1. The fourth-order valence-corrected chi connectivity index (χ4v) is 1.42. The van der Waals surface area contributed by atoms with Gasteiger partial charge < -0.3 is 10.7 Å². The molecule has 14 heavy (non-hydrogen) atoms. The molecule has 2 aromatic rings. The Morgan fingerprint density at radius 2 is 2.14 bits per heavy atom. The minimum Gasteiger partial charge on any atom is -0.325 e. The number of hydrogen-bond donors (Lipinski definition) is 2. The molecule has 0 aliphatic rings. The van der Waals surface area contributed by atoms with E-state index in [1.165, 1.54) is 12.1 Å². The molecule has 0 unspecified atom stereocenters. The van der Waals surface area contributed by atoms with Gasteiger partial charge >= 0.3 is 0 Å². The second-order valence-corrected chi connectivity index (χ2v) is 3.03. The van der Waals surface area contributed by atoms with Crippen LogP contribution in [0.1, 0.15) is 5.69 Å². The number of hydrogen-bond acceptors (Lipinski definition) is 2. The maximum Gasteiger partial charge on any atom is 0.256 e. The minimum absolute atomic E-state index is 0.194. The molecule has 1 heterocycles. The van der Waals surface area contributed by atoms with Crippen LogP contribution in [-0.4, -0.2) is 4.98 Å². The smallest absolute Gasteiger partial charge is 0.256 e. The van der Waals surface area contributed by atoms with Gasteiger partial charge in [-0.25, -0.2) is 4.39 Å². The Bertz CT molecular complexity index is 533. The predicted octanol–water partition coefficient (Wildman–Crippen LogP) is 1.13. The van der Waals surface area contributed by atoms with Crippen molar-refractivity contribution in [2.24, 2.45) is 5.73 Å². The van der Waals surface area contributed by atoms with Gasteiger partial charge in [0.25, 0.3) is 5.56 Å². The van der Waals surface area contributed by atoms with Crippen molar-refractivity contribution < 1.29 is 4.39 Å². The maximum absolute atomic E-state index is 13.3. The number of nitrogens with two attached hydrogens (primary N) is 1. The lowest BCUT2D eigenvalue weighted by molar-refractivity contribution is 0.639. The summed E-state index contributed by atoms with van der Waals surface area (Å²) < 4.78 is 13.3. The normalized spacial score (nSPS) is 10.7. The SMILES string of the molecule is NCc1cc2c(F)cccc2c(=O)[nH]1. The number of aromatic amines is 1. The highest BCUT2D eigenvalue weighted by atomic mass is 19.1. The third kappa shape index (κ3) is 1.29. The van der Waals surface area contributed by atoms with E-state index in [2.05, 4.69) is 4.98 Å². The zero-order valence-electron chi connectivity index (χ0n) is 7.38. The Hall–Kier alpha value is -1.68. The van der Waals surface area contributed by atoms with Gasteiger partial charge in [0.1, 0.15) is 5.82 Å². The molecule has 0 bridgehead atoms. The van der Waals surface area contributed by atoms with Crippen molar-refractivity contribution in [1.82, 2.24) is 4.98 Å². The van der Waals surface area contributed by atoms with Crippen LogP contribution in [0.4, 0.5) is 4.39 Å². The first-order valence-electron chi connectivity index (χ1n) is 4.23. The molecular formula is C10H9FN2O. The van der Waals surface area contributed by atoms with Gasteiger partial charge in [-0.3, -0.25) is 4.79 Å². The van der Waals surface area contributed by atoms with Crippen molar-refractivity contribution in [3.8, 4) is 0 Å². The summed E-state index contributed by atoms with van der Waals surface area (Å²) in [6.07, 6.45) is 0. The third-order valence-corrected chi connectivity index (χ3v) is 2.11. The van der Waals surface area contributed by atoms with Gasteiger partial charge in [-0.05, 0) is 18.2 Å². The zero-order chi connectivity index (χ0) is 10.1. The second kappa shape index (κ2) is 3.23. The molecule has 3 N–H and O–H groups in total. The first-order valence-corrected chi connectivity index (χ1v) is 4.23. The number of rotatable bonds is 1. The molecule has 0 spiro atoms. The van der Waals surface area contributed by atoms with Crippen molar-refractivity contribution in [1.29, 1.82) is 0 Å². The molecule has 3 nitrogen and oxygen atoms in total. The van der Waals surface area contributed by atoms with E-state index in [0.717, 1.165) is 0 Å². The molecule has 0 aliphatic heterocycles. The van der Waals surface area contributed by atoms with Crippen LogP contribution in [-0.2, 0) is 6.54 Å². The molecule has 0 amide bonds. The topological polar surface area (TPSA) is 58.9 Å². The molecular weight excluding hydrogens is 183 g/mol. The number of fused-ring (bicyclic) bond motifs is 1. The van der Waals surface area contributed by atoms with Crippen molar-refractivity contribution in [3.05, 3.63) is 46.1 Å². The van der Waals surface area contributed by atoms with Crippen molar-refractivity contribution in [2.75, 3.05) is 0 Å². The lowest BCUT2D eigenvalue weighted by Crippen LogP contribution is -2.12. The molecule has 0 atom stereocenters. The molecule has 0 fully saturated rings. The van der Waals surface area contributed by atoms with Crippen molar-refractivity contribution >= 4 is 10.8 Å². The molecule has 1 aromatic carbocycles. The predicted molar refractivity (Wildman–Crippen MR) is 52.4 cm³/mol. The number of halogens is 1. The number of pyridine rings is 1. The Morgan fingerprint density at radius 1 is 1.36 bits per heavy atom. The summed E-state index contributed by atoms with van der Waals surface area (Å²) in [4.78, 5) is 14.0. The molecule has 0 aliphatic carbocycles. The summed E-state index contributed by atoms with van der Waals surface area (Å²) in [5, 5.41) is 0.666. The first kappa shape index (κ1) is 8.90. The quantitative estimate of drug-likeness (QED) is 0.711. The molecule has 4 heteroatoms. The van der Waals surface area contributed by atoms with Crippen LogP contribution in [0.2, 0.25) is 0 Å². The largest absolute Gasteiger partial charge is 0.325 e. The van der Waals surface area contributed by atoms with Crippen LogP contribution in [0.25, 0.3) is 10.8 Å². The summed E-state index contributed by atoms with van der Waals surface area (Å²) >= 11 is 0. The Balaban J connectivity index is 2.91. The lowest BCUT2D eigenvalue weighted by Gasteiger charge is -2.01. The van der Waals surface area contributed by atoms with Crippen LogP contribution >= 0.6 is 0 Å². The minimum atomic E-state index is -0.400. The number of aromatic nitrogens is 1. The molecule has 1 aromatic heterocycles. The Kier molecular flexibility index (Phi) is 2.05. The van der Waals surface area contributed by atoms with Crippen LogP contribution in [0.3, 0.4) is 0 Å². The highest BCUT2D eigenvalue weighted by Gasteiger charge is 2.04. The van der Waals surface area contributed by atoms with Gasteiger partial charge in [-0.15, -0.1) is 0 Å². The monoisotopic (exact) mass is 192 g/mol. The second-order valence-electron chi connectivity index (χ2n) is 3.03. The fourth-order valence-electron chi connectivity index (χ4n) is 1.42. The highest BCUT2D eigenvalue weighted by molar-refractivity contribution is 5.82. The van der Waals surface area contributed by atoms with E-state index >= 15 is 0 Å². The van der Waals surface area contributed by atoms with Crippen LogP contribution < -0.4 is 11.3 Å². The van der Waals surface area contributed by atoms with Crippen molar-refractivity contribution in [3.63, 3.8) is 0 Å². The summed E-state index contributed by atoms with van der Waals surface area (Å²) in [6.45, 7) is 0.194. The average molecular weight is 192 g/mol. The van der Waals surface area contributed by atoms with Gasteiger partial charge in [-0.2, -0.15) is 0 Å².